The molecule has 1 aliphatic rings. The van der Waals surface area contributed by atoms with Crippen molar-refractivity contribution in [1.29, 1.82) is 0 Å². The van der Waals surface area contributed by atoms with Crippen LogP contribution < -0.4 is 10.1 Å². The summed E-state index contributed by atoms with van der Waals surface area (Å²) in [7, 11) is -1.19. The largest absolute Gasteiger partial charge is 0.497 e. The van der Waals surface area contributed by atoms with Crippen LogP contribution in [0.4, 0.5) is 0 Å². The van der Waals surface area contributed by atoms with Crippen molar-refractivity contribution in [3.05, 3.63) is 29.8 Å². The average molecular weight is 368 g/mol. The predicted octanol–water partition coefficient (Wildman–Crippen LogP) is 2.77. The Kier molecular flexibility index (Phi) is 6.87. The van der Waals surface area contributed by atoms with Gasteiger partial charge in [-0.3, -0.25) is 4.79 Å². The summed E-state index contributed by atoms with van der Waals surface area (Å²) in [5.74, 6) is 1.67. The number of carbonyl (C=O) groups excluding carboxylic acids is 1. The van der Waals surface area contributed by atoms with Crippen LogP contribution in [0.2, 0.25) is 0 Å². The lowest BCUT2D eigenvalue weighted by Crippen LogP contribution is -2.33. The third kappa shape index (κ3) is 5.73. The molecule has 1 saturated heterocycles. The fourth-order valence-electron chi connectivity index (χ4n) is 3.46. The molecule has 0 spiro atoms. The molecule has 25 heavy (non-hydrogen) atoms. The zero-order chi connectivity index (χ0) is 18.4. The summed E-state index contributed by atoms with van der Waals surface area (Å²) < 4.78 is 28.1. The van der Waals surface area contributed by atoms with Crippen LogP contribution in [0.1, 0.15) is 44.6 Å². The smallest absolute Gasteiger partial charge is 0.227 e. The third-order valence-corrected chi connectivity index (χ3v) is 6.68. The summed E-state index contributed by atoms with van der Waals surface area (Å²) in [5.41, 5.74) is 0.982. The fraction of sp³-hybridized carbons (Fsp3) is 0.632. The number of ether oxygens (including phenoxy) is 1. The van der Waals surface area contributed by atoms with Crippen molar-refractivity contribution in [2.45, 2.75) is 39.0 Å². The van der Waals surface area contributed by atoms with Crippen LogP contribution in [-0.4, -0.2) is 39.5 Å². The van der Waals surface area contributed by atoms with E-state index in [2.05, 4.69) is 5.32 Å². The minimum atomic E-state index is -2.81. The second-order valence-electron chi connectivity index (χ2n) is 7.20. The summed E-state index contributed by atoms with van der Waals surface area (Å²) in [5, 5.41) is 3.02. The highest BCUT2D eigenvalue weighted by Crippen LogP contribution is 2.27. The first-order valence-electron chi connectivity index (χ1n) is 8.94. The molecule has 0 aromatic heterocycles. The van der Waals surface area contributed by atoms with Gasteiger partial charge in [-0.1, -0.05) is 26.0 Å². The molecular weight excluding hydrogens is 338 g/mol. The van der Waals surface area contributed by atoms with Crippen molar-refractivity contribution in [3.63, 3.8) is 0 Å². The molecule has 0 aliphatic carbocycles. The number of amides is 1. The van der Waals surface area contributed by atoms with Crippen molar-refractivity contribution in [2.75, 3.05) is 25.2 Å². The molecular formula is C19H29NO4S. The Morgan fingerprint density at radius 3 is 2.48 bits per heavy atom. The van der Waals surface area contributed by atoms with Crippen LogP contribution in [0.5, 0.6) is 5.75 Å². The molecule has 140 valence electrons. The lowest BCUT2D eigenvalue weighted by atomic mass is 9.87. The first-order chi connectivity index (χ1) is 11.8. The summed E-state index contributed by atoms with van der Waals surface area (Å²) in [6.45, 7) is 4.67. The average Bonchev–Trinajstić information content (AvgIpc) is 2.91. The monoisotopic (exact) mass is 367 g/mol. The van der Waals surface area contributed by atoms with E-state index in [1.54, 1.807) is 7.11 Å². The maximum atomic E-state index is 12.6. The normalized spacial score (nSPS) is 20.4. The van der Waals surface area contributed by atoms with Crippen LogP contribution >= 0.6 is 0 Å². The van der Waals surface area contributed by atoms with E-state index in [1.807, 2.05) is 38.1 Å². The number of sulfone groups is 1. The van der Waals surface area contributed by atoms with E-state index in [9.17, 15) is 13.2 Å². The molecule has 2 atom stereocenters. The zero-order valence-electron chi connectivity index (χ0n) is 15.3. The van der Waals surface area contributed by atoms with Gasteiger partial charge in [0.1, 0.15) is 5.75 Å². The highest BCUT2D eigenvalue weighted by Gasteiger charge is 2.27. The maximum absolute atomic E-state index is 12.6. The van der Waals surface area contributed by atoms with Crippen molar-refractivity contribution in [1.82, 2.24) is 5.32 Å². The van der Waals surface area contributed by atoms with Gasteiger partial charge in [0.2, 0.25) is 5.91 Å². The van der Waals surface area contributed by atoms with Gasteiger partial charge >= 0.3 is 0 Å². The molecule has 0 radical (unpaired) electrons. The number of hydrogen-bond acceptors (Lipinski definition) is 4. The second kappa shape index (κ2) is 8.70. The number of hydrogen-bond donors (Lipinski definition) is 1. The van der Waals surface area contributed by atoms with Gasteiger partial charge in [0, 0.05) is 6.54 Å². The Bertz CT molecular complexity index is 667. The van der Waals surface area contributed by atoms with E-state index in [0.717, 1.165) is 30.6 Å². The first kappa shape index (κ1) is 19.8. The molecule has 1 aromatic carbocycles. The number of benzene rings is 1. The van der Waals surface area contributed by atoms with Gasteiger partial charge < -0.3 is 10.1 Å². The summed E-state index contributed by atoms with van der Waals surface area (Å²) >= 11 is 0. The Labute approximate surface area is 151 Å². The van der Waals surface area contributed by atoms with Crippen LogP contribution in [0, 0.1) is 11.8 Å². The Morgan fingerprint density at radius 1 is 1.28 bits per heavy atom. The maximum Gasteiger partial charge on any atom is 0.227 e. The van der Waals surface area contributed by atoms with Crippen LogP contribution in [0.3, 0.4) is 0 Å². The standard InChI is InChI=1S/C19H29NO4S/c1-14(2)18(16-6-8-17(24-3)9-7-16)19(21)20-11-4-5-15-10-12-25(22,23)13-15/h6-9,14-15,18H,4-5,10-13H2,1-3H3,(H,20,21). The third-order valence-electron chi connectivity index (χ3n) is 4.84. The summed E-state index contributed by atoms with van der Waals surface area (Å²) in [4.78, 5) is 12.6. The molecule has 1 heterocycles. The molecule has 1 amide bonds. The van der Waals surface area contributed by atoms with E-state index in [1.165, 1.54) is 0 Å². The molecule has 1 aliphatic heterocycles. The van der Waals surface area contributed by atoms with E-state index in [-0.39, 0.29) is 23.7 Å². The van der Waals surface area contributed by atoms with E-state index in [4.69, 9.17) is 4.74 Å². The second-order valence-corrected chi connectivity index (χ2v) is 9.43. The first-order valence-corrected chi connectivity index (χ1v) is 10.8. The van der Waals surface area contributed by atoms with Crippen LogP contribution in [0.25, 0.3) is 0 Å². The van der Waals surface area contributed by atoms with Gasteiger partial charge in [-0.05, 0) is 48.8 Å². The van der Waals surface area contributed by atoms with Gasteiger partial charge in [-0.25, -0.2) is 8.42 Å². The molecule has 5 nitrogen and oxygen atoms in total. The predicted molar refractivity (Wildman–Crippen MR) is 99.6 cm³/mol. The fourth-order valence-corrected chi connectivity index (χ4v) is 5.37. The van der Waals surface area contributed by atoms with E-state index in [0.29, 0.717) is 18.1 Å². The minimum Gasteiger partial charge on any atom is -0.497 e. The van der Waals surface area contributed by atoms with Crippen LogP contribution in [-0.2, 0) is 14.6 Å². The van der Waals surface area contributed by atoms with E-state index < -0.39 is 9.84 Å². The van der Waals surface area contributed by atoms with Gasteiger partial charge in [-0.15, -0.1) is 0 Å². The lowest BCUT2D eigenvalue weighted by molar-refractivity contribution is -0.123. The van der Waals surface area contributed by atoms with Crippen molar-refractivity contribution in [2.24, 2.45) is 11.8 Å². The molecule has 1 fully saturated rings. The molecule has 0 saturated carbocycles. The summed E-state index contributed by atoms with van der Waals surface area (Å²) in [6.07, 6.45) is 2.44. The quantitative estimate of drug-likeness (QED) is 0.717. The Hall–Kier alpha value is -1.56. The molecule has 2 unspecified atom stereocenters. The molecule has 2 rings (SSSR count). The highest BCUT2D eigenvalue weighted by atomic mass is 32.2. The molecule has 0 bridgehead atoms. The summed E-state index contributed by atoms with van der Waals surface area (Å²) in [6, 6.07) is 7.62. The Morgan fingerprint density at radius 2 is 1.96 bits per heavy atom. The Balaban J connectivity index is 1.84. The molecule has 1 N–H and O–H groups in total. The zero-order valence-corrected chi connectivity index (χ0v) is 16.1. The lowest BCUT2D eigenvalue weighted by Gasteiger charge is -2.21. The minimum absolute atomic E-state index is 0.0270. The van der Waals surface area contributed by atoms with Crippen molar-refractivity contribution in [3.8, 4) is 5.75 Å². The number of methoxy groups -OCH3 is 1. The highest BCUT2D eigenvalue weighted by molar-refractivity contribution is 7.91. The number of rotatable bonds is 8. The SMILES string of the molecule is COc1ccc(C(C(=O)NCCCC2CCS(=O)(=O)C2)C(C)C)cc1. The van der Waals surface area contributed by atoms with Crippen LogP contribution in [0.15, 0.2) is 24.3 Å². The number of carbonyl (C=O) groups is 1. The van der Waals surface area contributed by atoms with E-state index >= 15 is 0 Å². The van der Waals surface area contributed by atoms with Gasteiger partial charge in [0.25, 0.3) is 0 Å². The molecule has 1 aromatic rings. The van der Waals surface area contributed by atoms with Gasteiger partial charge in [0.05, 0.1) is 24.5 Å². The van der Waals surface area contributed by atoms with Gasteiger partial charge in [-0.2, -0.15) is 0 Å². The van der Waals surface area contributed by atoms with Crippen molar-refractivity contribution >= 4 is 15.7 Å². The number of nitrogens with one attached hydrogen (secondary N) is 1. The topological polar surface area (TPSA) is 72.5 Å². The van der Waals surface area contributed by atoms with Gasteiger partial charge in [0.15, 0.2) is 9.84 Å². The van der Waals surface area contributed by atoms with Crippen molar-refractivity contribution < 1.29 is 17.9 Å². The molecule has 6 heteroatoms.